The van der Waals surface area contributed by atoms with Crippen molar-refractivity contribution in [3.8, 4) is 6.07 Å². The Labute approximate surface area is 168 Å². The zero-order valence-corrected chi connectivity index (χ0v) is 16.0. The van der Waals surface area contributed by atoms with Crippen LogP contribution in [0, 0.1) is 11.3 Å². The number of urea groups is 1. The number of nitrogen functional groups attached to an aromatic ring is 1. The Balaban J connectivity index is 2.13. The van der Waals surface area contributed by atoms with Crippen molar-refractivity contribution in [1.82, 2.24) is 0 Å². The number of carbonyl (C=O) groups excluding carboxylic acids is 2. The van der Waals surface area contributed by atoms with Gasteiger partial charge in [-0.15, -0.1) is 0 Å². The number of hydrogen-bond acceptors (Lipinski definition) is 4. The first-order chi connectivity index (χ1) is 13.4. The molecule has 0 bridgehead atoms. The van der Waals surface area contributed by atoms with Gasteiger partial charge in [-0.2, -0.15) is 18.4 Å². The SMILES string of the molecule is CC1(C)C(=O)N(c2ccc(C#N)c(C(F)(F)F)c2)C(=O)N1c1ccc(Cl)c(N)c1. The van der Waals surface area contributed by atoms with Crippen LogP contribution in [0.25, 0.3) is 0 Å². The molecule has 6 nitrogen and oxygen atoms in total. The Morgan fingerprint density at radius 2 is 1.72 bits per heavy atom. The molecule has 2 aromatic rings. The molecule has 10 heteroatoms. The van der Waals surface area contributed by atoms with Crippen molar-refractivity contribution < 1.29 is 22.8 Å². The predicted molar refractivity (Wildman–Crippen MR) is 101 cm³/mol. The average Bonchev–Trinajstić information content (AvgIpc) is 2.81. The Kier molecular flexibility index (Phi) is 4.71. The topological polar surface area (TPSA) is 90.4 Å². The first-order valence-corrected chi connectivity index (χ1v) is 8.62. The van der Waals surface area contributed by atoms with Crippen molar-refractivity contribution in [1.29, 1.82) is 5.26 Å². The fourth-order valence-electron chi connectivity index (χ4n) is 3.13. The molecule has 2 aromatic carbocycles. The summed E-state index contributed by atoms with van der Waals surface area (Å²) < 4.78 is 39.9. The standard InChI is InChI=1S/C19H14ClF3N4O2/c1-18(2)16(28)26(11-4-3-10(9-24)13(7-11)19(21,22)23)17(29)27(18)12-5-6-14(20)15(25)8-12/h3-8H,25H2,1-2H3. The summed E-state index contributed by atoms with van der Waals surface area (Å²) in [6, 6.07) is 7.61. The first-order valence-electron chi connectivity index (χ1n) is 8.24. The van der Waals surface area contributed by atoms with Crippen LogP contribution in [0.5, 0.6) is 0 Å². The summed E-state index contributed by atoms with van der Waals surface area (Å²) in [7, 11) is 0. The van der Waals surface area contributed by atoms with E-state index in [1.165, 1.54) is 38.1 Å². The summed E-state index contributed by atoms with van der Waals surface area (Å²) in [6.45, 7) is 2.93. The molecule has 3 rings (SSSR count). The fraction of sp³-hybridized carbons (Fsp3) is 0.211. The molecule has 1 heterocycles. The lowest BCUT2D eigenvalue weighted by Gasteiger charge is -2.28. The zero-order chi connectivity index (χ0) is 21.7. The number of benzene rings is 2. The minimum atomic E-state index is -4.83. The number of halogens is 4. The molecule has 150 valence electrons. The van der Waals surface area contributed by atoms with Crippen LogP contribution in [-0.4, -0.2) is 17.5 Å². The van der Waals surface area contributed by atoms with Crippen molar-refractivity contribution in [2.75, 3.05) is 15.5 Å². The van der Waals surface area contributed by atoms with Crippen molar-refractivity contribution in [2.24, 2.45) is 0 Å². The highest BCUT2D eigenvalue weighted by atomic mass is 35.5. The number of nitrogens with two attached hydrogens (primary N) is 1. The minimum Gasteiger partial charge on any atom is -0.397 e. The molecule has 1 fully saturated rings. The van der Waals surface area contributed by atoms with E-state index in [2.05, 4.69) is 0 Å². The van der Waals surface area contributed by atoms with Gasteiger partial charge in [-0.3, -0.25) is 9.69 Å². The first kappa shape index (κ1) is 20.5. The molecular formula is C19H14ClF3N4O2. The molecule has 0 aromatic heterocycles. The van der Waals surface area contributed by atoms with Crippen LogP contribution in [0.3, 0.4) is 0 Å². The molecule has 3 amide bonds. The van der Waals surface area contributed by atoms with E-state index in [1.807, 2.05) is 0 Å². The zero-order valence-electron chi connectivity index (χ0n) is 15.2. The predicted octanol–water partition coefficient (Wildman–Crippen LogP) is 4.56. The highest BCUT2D eigenvalue weighted by Gasteiger charge is 2.53. The monoisotopic (exact) mass is 422 g/mol. The van der Waals surface area contributed by atoms with Crippen LogP contribution in [0.2, 0.25) is 5.02 Å². The van der Waals surface area contributed by atoms with Gasteiger partial charge in [0, 0.05) is 5.69 Å². The third-order valence-electron chi connectivity index (χ3n) is 4.59. The average molecular weight is 423 g/mol. The largest absolute Gasteiger partial charge is 0.417 e. The van der Waals surface area contributed by atoms with E-state index in [0.717, 1.165) is 17.0 Å². The van der Waals surface area contributed by atoms with Gasteiger partial charge in [0.15, 0.2) is 0 Å². The van der Waals surface area contributed by atoms with Gasteiger partial charge in [0.25, 0.3) is 5.91 Å². The molecule has 0 atom stereocenters. The van der Waals surface area contributed by atoms with E-state index in [1.54, 1.807) is 0 Å². The number of amides is 3. The maximum Gasteiger partial charge on any atom is 0.417 e. The number of nitriles is 1. The number of carbonyl (C=O) groups is 2. The van der Waals surface area contributed by atoms with E-state index >= 15 is 0 Å². The normalized spacial score (nSPS) is 16.3. The minimum absolute atomic E-state index is 0.177. The second kappa shape index (κ2) is 6.67. The molecular weight excluding hydrogens is 409 g/mol. The van der Waals surface area contributed by atoms with E-state index < -0.39 is 34.8 Å². The van der Waals surface area contributed by atoms with Crippen molar-refractivity contribution >= 4 is 40.6 Å². The summed E-state index contributed by atoms with van der Waals surface area (Å²) in [5.74, 6) is -0.728. The van der Waals surface area contributed by atoms with Gasteiger partial charge in [-0.1, -0.05) is 11.6 Å². The molecule has 1 aliphatic rings. The Hall–Kier alpha value is -3.25. The van der Waals surface area contributed by atoms with Gasteiger partial charge in [0.2, 0.25) is 0 Å². The second-order valence-electron chi connectivity index (χ2n) is 6.86. The highest BCUT2D eigenvalue weighted by molar-refractivity contribution is 6.33. The van der Waals surface area contributed by atoms with E-state index in [4.69, 9.17) is 22.6 Å². The van der Waals surface area contributed by atoms with E-state index in [9.17, 15) is 22.8 Å². The van der Waals surface area contributed by atoms with Crippen LogP contribution in [0.1, 0.15) is 25.0 Å². The smallest absolute Gasteiger partial charge is 0.397 e. The summed E-state index contributed by atoms with van der Waals surface area (Å²) in [6.07, 6.45) is -4.83. The maximum atomic E-state index is 13.3. The van der Waals surface area contributed by atoms with Crippen molar-refractivity contribution in [2.45, 2.75) is 25.6 Å². The molecule has 0 unspecified atom stereocenters. The summed E-state index contributed by atoms with van der Waals surface area (Å²) in [5.41, 5.74) is 2.69. The summed E-state index contributed by atoms with van der Waals surface area (Å²) in [4.78, 5) is 27.8. The number of imide groups is 1. The molecule has 29 heavy (non-hydrogen) atoms. The Morgan fingerprint density at radius 3 is 2.28 bits per heavy atom. The Bertz CT molecular complexity index is 1080. The molecule has 0 radical (unpaired) electrons. The van der Waals surface area contributed by atoms with Crippen LogP contribution in [-0.2, 0) is 11.0 Å². The number of hydrogen-bond donors (Lipinski definition) is 1. The van der Waals surface area contributed by atoms with Crippen molar-refractivity contribution in [3.63, 3.8) is 0 Å². The van der Waals surface area contributed by atoms with Gasteiger partial charge in [0.05, 0.1) is 33.6 Å². The quantitative estimate of drug-likeness (QED) is 0.567. The third kappa shape index (κ3) is 3.25. The fourth-order valence-corrected chi connectivity index (χ4v) is 3.25. The molecule has 0 spiro atoms. The molecule has 1 saturated heterocycles. The van der Waals surface area contributed by atoms with Crippen LogP contribution >= 0.6 is 11.6 Å². The second-order valence-corrected chi connectivity index (χ2v) is 7.27. The lowest BCUT2D eigenvalue weighted by molar-refractivity contribution is -0.137. The molecule has 0 saturated carbocycles. The number of anilines is 3. The number of rotatable bonds is 2. The van der Waals surface area contributed by atoms with E-state index in [-0.39, 0.29) is 22.1 Å². The highest BCUT2D eigenvalue weighted by Crippen LogP contribution is 2.40. The molecule has 2 N–H and O–H groups in total. The van der Waals surface area contributed by atoms with Crippen molar-refractivity contribution in [3.05, 3.63) is 52.5 Å². The molecule has 1 aliphatic heterocycles. The van der Waals surface area contributed by atoms with Gasteiger partial charge < -0.3 is 5.73 Å². The van der Waals surface area contributed by atoms with Crippen LogP contribution in [0.15, 0.2) is 36.4 Å². The Morgan fingerprint density at radius 1 is 1.10 bits per heavy atom. The number of nitrogens with zero attached hydrogens (tertiary/aromatic N) is 3. The van der Waals surface area contributed by atoms with Crippen LogP contribution in [0.4, 0.5) is 35.0 Å². The third-order valence-corrected chi connectivity index (χ3v) is 4.94. The van der Waals surface area contributed by atoms with Gasteiger partial charge >= 0.3 is 12.2 Å². The lowest BCUT2D eigenvalue weighted by atomic mass is 10.0. The maximum absolute atomic E-state index is 13.3. The summed E-state index contributed by atoms with van der Waals surface area (Å²) >= 11 is 5.90. The summed E-state index contributed by atoms with van der Waals surface area (Å²) in [5, 5.41) is 9.19. The van der Waals surface area contributed by atoms with Gasteiger partial charge in [0.1, 0.15) is 5.54 Å². The lowest BCUT2D eigenvalue weighted by Crippen LogP contribution is -2.44. The van der Waals surface area contributed by atoms with Gasteiger partial charge in [-0.05, 0) is 50.2 Å². The molecule has 0 aliphatic carbocycles. The van der Waals surface area contributed by atoms with Crippen LogP contribution < -0.4 is 15.5 Å². The van der Waals surface area contributed by atoms with E-state index in [0.29, 0.717) is 11.0 Å². The van der Waals surface area contributed by atoms with Gasteiger partial charge in [-0.25, -0.2) is 9.69 Å². The number of alkyl halides is 3.